The van der Waals surface area contributed by atoms with E-state index in [1.54, 1.807) is 0 Å². The largest absolute Gasteiger partial charge is 0.493 e. The molecule has 0 bridgehead atoms. The molecule has 0 radical (unpaired) electrons. The zero-order valence-electron chi connectivity index (χ0n) is 11.9. The van der Waals surface area contributed by atoms with E-state index in [4.69, 9.17) is 4.74 Å². The molecular weight excluding hydrogens is 238 g/mol. The molecular formula is C16H23NO2. The molecule has 1 aliphatic rings. The first-order valence-electron chi connectivity index (χ1n) is 7.20. The Labute approximate surface area is 115 Å². The molecule has 1 N–H and O–H groups in total. The van der Waals surface area contributed by atoms with Crippen LogP contribution in [0.25, 0.3) is 0 Å². The number of Topliss-reactive ketones (excluding diaryl/α,β-unsaturated/α-hetero) is 1. The van der Waals surface area contributed by atoms with Gasteiger partial charge in [-0.05, 0) is 51.4 Å². The lowest BCUT2D eigenvalue weighted by atomic mass is 9.89. The molecule has 3 nitrogen and oxygen atoms in total. The number of aryl methyl sites for hydroxylation is 1. The number of carbonyl (C=O) groups is 1. The van der Waals surface area contributed by atoms with Gasteiger partial charge in [0.25, 0.3) is 0 Å². The molecule has 0 aromatic heterocycles. The van der Waals surface area contributed by atoms with Gasteiger partial charge in [-0.15, -0.1) is 0 Å². The minimum atomic E-state index is 0.145. The third-order valence-corrected chi connectivity index (χ3v) is 3.57. The van der Waals surface area contributed by atoms with E-state index < -0.39 is 0 Å². The molecule has 1 heterocycles. The van der Waals surface area contributed by atoms with E-state index in [0.29, 0.717) is 6.61 Å². The van der Waals surface area contributed by atoms with Gasteiger partial charge < -0.3 is 10.1 Å². The SMILES string of the molecule is CCCOc1ccc(C)cc1C(=O)C1CCNCC1. The predicted molar refractivity (Wildman–Crippen MR) is 76.9 cm³/mol. The summed E-state index contributed by atoms with van der Waals surface area (Å²) >= 11 is 0. The zero-order chi connectivity index (χ0) is 13.7. The lowest BCUT2D eigenvalue weighted by Crippen LogP contribution is -2.32. The molecule has 0 spiro atoms. The fraction of sp³-hybridized carbons (Fsp3) is 0.562. The van der Waals surface area contributed by atoms with E-state index in [0.717, 1.165) is 49.2 Å². The number of ketones is 1. The minimum absolute atomic E-state index is 0.145. The summed E-state index contributed by atoms with van der Waals surface area (Å²) in [6.07, 6.45) is 2.81. The van der Waals surface area contributed by atoms with Crippen LogP contribution in [0.3, 0.4) is 0 Å². The van der Waals surface area contributed by atoms with Gasteiger partial charge in [0.1, 0.15) is 5.75 Å². The average molecular weight is 261 g/mol. The maximum absolute atomic E-state index is 12.6. The van der Waals surface area contributed by atoms with Crippen molar-refractivity contribution in [3.8, 4) is 5.75 Å². The van der Waals surface area contributed by atoms with Gasteiger partial charge in [-0.1, -0.05) is 18.6 Å². The van der Waals surface area contributed by atoms with Crippen LogP contribution in [0.5, 0.6) is 5.75 Å². The van der Waals surface area contributed by atoms with Gasteiger partial charge in [0, 0.05) is 5.92 Å². The number of benzene rings is 1. The number of ether oxygens (including phenoxy) is 1. The van der Waals surface area contributed by atoms with Crippen molar-refractivity contribution >= 4 is 5.78 Å². The first kappa shape index (κ1) is 14.1. The quantitative estimate of drug-likeness (QED) is 0.828. The second-order valence-corrected chi connectivity index (χ2v) is 5.24. The summed E-state index contributed by atoms with van der Waals surface area (Å²) in [7, 11) is 0. The summed E-state index contributed by atoms with van der Waals surface area (Å²) in [5.41, 5.74) is 1.88. The Morgan fingerprint density at radius 2 is 2.11 bits per heavy atom. The Hall–Kier alpha value is -1.35. The first-order chi connectivity index (χ1) is 9.22. The topological polar surface area (TPSA) is 38.3 Å². The van der Waals surface area contributed by atoms with Gasteiger partial charge in [0.15, 0.2) is 5.78 Å². The highest BCUT2D eigenvalue weighted by Crippen LogP contribution is 2.26. The van der Waals surface area contributed by atoms with Crippen molar-refractivity contribution in [3.63, 3.8) is 0 Å². The number of hydrogen-bond donors (Lipinski definition) is 1. The van der Waals surface area contributed by atoms with E-state index in [9.17, 15) is 4.79 Å². The summed E-state index contributed by atoms with van der Waals surface area (Å²) in [5, 5.41) is 3.30. The van der Waals surface area contributed by atoms with Gasteiger partial charge in [-0.2, -0.15) is 0 Å². The maximum atomic E-state index is 12.6. The monoisotopic (exact) mass is 261 g/mol. The fourth-order valence-electron chi connectivity index (χ4n) is 2.48. The van der Waals surface area contributed by atoms with Gasteiger partial charge in [0.2, 0.25) is 0 Å². The van der Waals surface area contributed by atoms with Crippen LogP contribution in [0, 0.1) is 12.8 Å². The molecule has 2 rings (SSSR count). The van der Waals surface area contributed by atoms with Gasteiger partial charge in [-0.25, -0.2) is 0 Å². The lowest BCUT2D eigenvalue weighted by molar-refractivity contribution is 0.0891. The van der Waals surface area contributed by atoms with Crippen LogP contribution in [-0.4, -0.2) is 25.5 Å². The Morgan fingerprint density at radius 1 is 1.37 bits per heavy atom. The van der Waals surface area contributed by atoms with Crippen molar-refractivity contribution in [2.24, 2.45) is 5.92 Å². The van der Waals surface area contributed by atoms with E-state index in [1.165, 1.54) is 0 Å². The smallest absolute Gasteiger partial charge is 0.169 e. The van der Waals surface area contributed by atoms with Gasteiger partial charge >= 0.3 is 0 Å². The number of nitrogens with one attached hydrogen (secondary N) is 1. The van der Waals surface area contributed by atoms with Crippen LogP contribution in [-0.2, 0) is 0 Å². The summed E-state index contributed by atoms with van der Waals surface area (Å²) in [6.45, 7) is 6.63. The summed E-state index contributed by atoms with van der Waals surface area (Å²) in [6, 6.07) is 5.90. The molecule has 104 valence electrons. The van der Waals surface area contributed by atoms with Crippen LogP contribution in [0.4, 0.5) is 0 Å². The Balaban J connectivity index is 2.20. The Bertz CT molecular complexity index is 436. The van der Waals surface area contributed by atoms with Gasteiger partial charge in [0.05, 0.1) is 12.2 Å². The minimum Gasteiger partial charge on any atom is -0.493 e. The van der Waals surface area contributed by atoms with Crippen LogP contribution in [0.1, 0.15) is 42.1 Å². The number of rotatable bonds is 5. The van der Waals surface area contributed by atoms with Crippen molar-refractivity contribution in [2.45, 2.75) is 33.1 Å². The van der Waals surface area contributed by atoms with E-state index >= 15 is 0 Å². The van der Waals surface area contributed by atoms with Crippen molar-refractivity contribution < 1.29 is 9.53 Å². The molecule has 19 heavy (non-hydrogen) atoms. The summed E-state index contributed by atoms with van der Waals surface area (Å²) < 4.78 is 5.72. The first-order valence-corrected chi connectivity index (χ1v) is 7.20. The molecule has 1 fully saturated rings. The molecule has 0 saturated carbocycles. The molecule has 0 atom stereocenters. The number of hydrogen-bond acceptors (Lipinski definition) is 3. The van der Waals surface area contributed by atoms with Crippen LogP contribution in [0.2, 0.25) is 0 Å². The van der Waals surface area contributed by atoms with E-state index in [1.807, 2.05) is 25.1 Å². The van der Waals surface area contributed by atoms with E-state index in [-0.39, 0.29) is 11.7 Å². The molecule has 1 aromatic carbocycles. The van der Waals surface area contributed by atoms with E-state index in [2.05, 4.69) is 12.2 Å². The zero-order valence-corrected chi connectivity index (χ0v) is 11.9. The van der Waals surface area contributed by atoms with Gasteiger partial charge in [-0.3, -0.25) is 4.79 Å². The van der Waals surface area contributed by atoms with Crippen LogP contribution in [0.15, 0.2) is 18.2 Å². The normalized spacial score (nSPS) is 16.3. The third kappa shape index (κ3) is 3.57. The standard InChI is InChI=1S/C16H23NO2/c1-3-10-19-15-5-4-12(2)11-14(15)16(18)13-6-8-17-9-7-13/h4-5,11,13,17H,3,6-10H2,1-2H3. The van der Waals surface area contributed by atoms with Crippen molar-refractivity contribution in [1.82, 2.24) is 5.32 Å². The van der Waals surface area contributed by atoms with Crippen molar-refractivity contribution in [2.75, 3.05) is 19.7 Å². The third-order valence-electron chi connectivity index (χ3n) is 3.57. The number of carbonyl (C=O) groups excluding carboxylic acids is 1. The van der Waals surface area contributed by atoms with Crippen molar-refractivity contribution in [1.29, 1.82) is 0 Å². The highest BCUT2D eigenvalue weighted by atomic mass is 16.5. The molecule has 0 unspecified atom stereocenters. The maximum Gasteiger partial charge on any atom is 0.169 e. The van der Waals surface area contributed by atoms with Crippen molar-refractivity contribution in [3.05, 3.63) is 29.3 Å². The molecule has 0 aliphatic carbocycles. The Morgan fingerprint density at radius 3 is 2.79 bits per heavy atom. The Kier molecular flexibility index (Phi) is 4.97. The van der Waals surface area contributed by atoms with Crippen LogP contribution >= 0.6 is 0 Å². The summed E-state index contributed by atoms with van der Waals surface area (Å²) in [5.74, 6) is 1.14. The summed E-state index contributed by atoms with van der Waals surface area (Å²) in [4.78, 5) is 12.6. The molecule has 1 aromatic rings. The molecule has 3 heteroatoms. The highest BCUT2D eigenvalue weighted by molar-refractivity contribution is 6.00. The highest BCUT2D eigenvalue weighted by Gasteiger charge is 2.24. The lowest BCUT2D eigenvalue weighted by Gasteiger charge is -2.22. The molecule has 1 saturated heterocycles. The second kappa shape index (κ2) is 6.71. The number of piperidine rings is 1. The van der Waals surface area contributed by atoms with Crippen LogP contribution < -0.4 is 10.1 Å². The molecule has 1 aliphatic heterocycles. The predicted octanol–water partition coefficient (Wildman–Crippen LogP) is 2.97. The average Bonchev–Trinajstić information content (AvgIpc) is 2.46. The molecule has 0 amide bonds. The second-order valence-electron chi connectivity index (χ2n) is 5.24. The fourth-order valence-corrected chi connectivity index (χ4v) is 2.48.